The number of piperidine rings is 1. The van der Waals surface area contributed by atoms with Gasteiger partial charge in [-0.1, -0.05) is 30.7 Å². The molecule has 0 radical (unpaired) electrons. The van der Waals surface area contributed by atoms with Crippen LogP contribution in [0.4, 0.5) is 0 Å². The van der Waals surface area contributed by atoms with Crippen LogP contribution in [0.2, 0.25) is 0 Å². The van der Waals surface area contributed by atoms with E-state index in [1.807, 2.05) is 22.9 Å². The predicted octanol–water partition coefficient (Wildman–Crippen LogP) is 1.69. The number of nitrogens with zero attached hydrogens (tertiary/aromatic N) is 2. The average Bonchev–Trinajstić information content (AvgIpc) is 3.07. The van der Waals surface area contributed by atoms with Crippen molar-refractivity contribution in [2.24, 2.45) is 0 Å². The average molecular weight is 298 g/mol. The monoisotopic (exact) mass is 298 g/mol. The molecule has 2 N–H and O–H groups in total. The Labute approximate surface area is 130 Å². The standard InChI is InChI=1S/C17H22N4O/c22-17(16-7-3-4-8-19-16)20-11-14-5-1-2-6-15(14)12-21-10-9-18-13-21/h1-2,5-6,9-10,13,16,19H,3-4,7-8,11-12H2,(H,20,22)/t16-/m1/s1. The smallest absolute Gasteiger partial charge is 0.237 e. The van der Waals surface area contributed by atoms with E-state index in [1.54, 1.807) is 12.5 Å². The Morgan fingerprint density at radius 1 is 1.32 bits per heavy atom. The molecule has 1 saturated heterocycles. The van der Waals surface area contributed by atoms with Crippen LogP contribution in [0.1, 0.15) is 30.4 Å². The van der Waals surface area contributed by atoms with Gasteiger partial charge < -0.3 is 15.2 Å². The molecule has 1 amide bonds. The molecule has 116 valence electrons. The van der Waals surface area contributed by atoms with Crippen LogP contribution in [-0.2, 0) is 17.9 Å². The summed E-state index contributed by atoms with van der Waals surface area (Å²) >= 11 is 0. The molecule has 1 aromatic heterocycles. The second kappa shape index (κ2) is 7.22. The molecule has 2 heterocycles. The molecule has 1 fully saturated rings. The Balaban J connectivity index is 1.61. The lowest BCUT2D eigenvalue weighted by molar-refractivity contribution is -0.123. The summed E-state index contributed by atoms with van der Waals surface area (Å²) in [7, 11) is 0. The van der Waals surface area contributed by atoms with Crippen LogP contribution in [-0.4, -0.2) is 28.0 Å². The first kappa shape index (κ1) is 14.8. The number of imidazole rings is 1. The van der Waals surface area contributed by atoms with E-state index in [0.29, 0.717) is 6.54 Å². The molecule has 1 aliphatic heterocycles. The van der Waals surface area contributed by atoms with Gasteiger partial charge in [0, 0.05) is 25.5 Å². The van der Waals surface area contributed by atoms with Crippen LogP contribution in [0.5, 0.6) is 0 Å². The SMILES string of the molecule is O=C(NCc1ccccc1Cn1ccnc1)[C@H]1CCCCN1. The minimum atomic E-state index is -0.0328. The van der Waals surface area contributed by atoms with E-state index in [2.05, 4.69) is 27.8 Å². The van der Waals surface area contributed by atoms with Crippen molar-refractivity contribution < 1.29 is 4.79 Å². The third-order valence-electron chi connectivity index (χ3n) is 4.11. The van der Waals surface area contributed by atoms with Crippen LogP contribution in [0.15, 0.2) is 43.0 Å². The highest BCUT2D eigenvalue weighted by Crippen LogP contribution is 2.11. The Kier molecular flexibility index (Phi) is 4.85. The summed E-state index contributed by atoms with van der Waals surface area (Å²) in [5, 5.41) is 6.34. The van der Waals surface area contributed by atoms with Gasteiger partial charge in [-0.3, -0.25) is 4.79 Å². The zero-order chi connectivity index (χ0) is 15.2. The summed E-state index contributed by atoms with van der Waals surface area (Å²) in [4.78, 5) is 16.3. The molecule has 0 spiro atoms. The van der Waals surface area contributed by atoms with Gasteiger partial charge >= 0.3 is 0 Å². The molecule has 3 rings (SSSR count). The van der Waals surface area contributed by atoms with Gasteiger partial charge in [0.15, 0.2) is 0 Å². The zero-order valence-corrected chi connectivity index (χ0v) is 12.7. The van der Waals surface area contributed by atoms with E-state index in [1.165, 1.54) is 5.56 Å². The molecule has 5 nitrogen and oxygen atoms in total. The van der Waals surface area contributed by atoms with Crippen LogP contribution in [0.3, 0.4) is 0 Å². The third kappa shape index (κ3) is 3.74. The number of rotatable bonds is 5. The number of benzene rings is 1. The van der Waals surface area contributed by atoms with Crippen LogP contribution in [0.25, 0.3) is 0 Å². The Hall–Kier alpha value is -2.14. The highest BCUT2D eigenvalue weighted by molar-refractivity contribution is 5.81. The van der Waals surface area contributed by atoms with Crippen LogP contribution >= 0.6 is 0 Å². The first-order valence-electron chi connectivity index (χ1n) is 7.86. The summed E-state index contributed by atoms with van der Waals surface area (Å²) in [6.07, 6.45) is 8.75. The molecule has 0 unspecified atom stereocenters. The minimum Gasteiger partial charge on any atom is -0.351 e. The van der Waals surface area contributed by atoms with Gasteiger partial charge in [0.05, 0.1) is 12.4 Å². The van der Waals surface area contributed by atoms with Gasteiger partial charge in [-0.15, -0.1) is 0 Å². The van der Waals surface area contributed by atoms with E-state index in [4.69, 9.17) is 0 Å². The van der Waals surface area contributed by atoms with Crippen molar-refractivity contribution in [3.63, 3.8) is 0 Å². The lowest BCUT2D eigenvalue weighted by atomic mass is 10.0. The fraction of sp³-hybridized carbons (Fsp3) is 0.412. The first-order valence-corrected chi connectivity index (χ1v) is 7.86. The number of nitrogens with one attached hydrogen (secondary N) is 2. The summed E-state index contributed by atoms with van der Waals surface area (Å²) in [6.45, 7) is 2.28. The number of carbonyl (C=O) groups is 1. The maximum absolute atomic E-state index is 12.2. The number of carbonyl (C=O) groups excluding carboxylic acids is 1. The summed E-state index contributed by atoms with van der Waals surface area (Å²) in [6, 6.07) is 8.17. The minimum absolute atomic E-state index is 0.0328. The van der Waals surface area contributed by atoms with Gasteiger partial charge in [0.2, 0.25) is 5.91 Å². The first-order chi connectivity index (χ1) is 10.8. The molecule has 0 aliphatic carbocycles. The second-order valence-electron chi connectivity index (χ2n) is 5.72. The number of hydrogen-bond acceptors (Lipinski definition) is 3. The van der Waals surface area contributed by atoms with Gasteiger partial charge in [-0.05, 0) is 30.5 Å². The molecule has 22 heavy (non-hydrogen) atoms. The number of hydrogen-bond donors (Lipinski definition) is 2. The predicted molar refractivity (Wildman–Crippen MR) is 85.3 cm³/mol. The van der Waals surface area contributed by atoms with Crippen molar-refractivity contribution in [2.75, 3.05) is 6.54 Å². The maximum atomic E-state index is 12.2. The maximum Gasteiger partial charge on any atom is 0.237 e. The van der Waals surface area contributed by atoms with Gasteiger partial charge in [-0.2, -0.15) is 0 Å². The lowest BCUT2D eigenvalue weighted by Crippen LogP contribution is -2.46. The molecule has 1 aliphatic rings. The molecule has 0 bridgehead atoms. The van der Waals surface area contributed by atoms with Crippen molar-refractivity contribution in [2.45, 2.75) is 38.4 Å². The van der Waals surface area contributed by atoms with E-state index < -0.39 is 0 Å². The highest BCUT2D eigenvalue weighted by Gasteiger charge is 2.20. The summed E-state index contributed by atoms with van der Waals surface area (Å²) in [5.74, 6) is 0.108. The largest absolute Gasteiger partial charge is 0.351 e. The zero-order valence-electron chi connectivity index (χ0n) is 12.7. The van der Waals surface area contributed by atoms with E-state index in [0.717, 1.165) is 37.9 Å². The summed E-state index contributed by atoms with van der Waals surface area (Å²) in [5.41, 5.74) is 2.36. The van der Waals surface area contributed by atoms with Crippen LogP contribution < -0.4 is 10.6 Å². The molecule has 1 atom stereocenters. The van der Waals surface area contributed by atoms with Crippen molar-refractivity contribution in [3.8, 4) is 0 Å². The number of amides is 1. The van der Waals surface area contributed by atoms with Crippen LogP contribution in [0, 0.1) is 0 Å². The summed E-state index contributed by atoms with van der Waals surface area (Å²) < 4.78 is 2.03. The Bertz CT molecular complexity index is 603. The second-order valence-corrected chi connectivity index (χ2v) is 5.72. The fourth-order valence-electron chi connectivity index (χ4n) is 2.84. The van der Waals surface area contributed by atoms with E-state index >= 15 is 0 Å². The fourth-order valence-corrected chi connectivity index (χ4v) is 2.84. The number of aromatic nitrogens is 2. The quantitative estimate of drug-likeness (QED) is 0.883. The third-order valence-corrected chi connectivity index (χ3v) is 4.11. The van der Waals surface area contributed by atoms with E-state index in [-0.39, 0.29) is 11.9 Å². The topological polar surface area (TPSA) is 59.0 Å². The lowest BCUT2D eigenvalue weighted by Gasteiger charge is -2.22. The molecular formula is C17H22N4O. The van der Waals surface area contributed by atoms with E-state index in [9.17, 15) is 4.79 Å². The van der Waals surface area contributed by atoms with Crippen molar-refractivity contribution >= 4 is 5.91 Å². The van der Waals surface area contributed by atoms with Crippen molar-refractivity contribution in [1.82, 2.24) is 20.2 Å². The highest BCUT2D eigenvalue weighted by atomic mass is 16.2. The van der Waals surface area contributed by atoms with Gasteiger partial charge in [0.25, 0.3) is 0 Å². The van der Waals surface area contributed by atoms with Gasteiger partial charge in [0.1, 0.15) is 0 Å². The molecular weight excluding hydrogens is 276 g/mol. The molecule has 2 aromatic rings. The van der Waals surface area contributed by atoms with Crippen molar-refractivity contribution in [1.29, 1.82) is 0 Å². The van der Waals surface area contributed by atoms with Gasteiger partial charge in [-0.25, -0.2) is 4.98 Å². The van der Waals surface area contributed by atoms with Crippen molar-refractivity contribution in [3.05, 3.63) is 54.1 Å². The normalized spacial score (nSPS) is 18.1. The Morgan fingerprint density at radius 2 is 2.18 bits per heavy atom. The molecule has 0 saturated carbocycles. The molecule has 1 aromatic carbocycles. The Morgan fingerprint density at radius 3 is 2.91 bits per heavy atom. The molecule has 5 heteroatoms.